The van der Waals surface area contributed by atoms with Crippen molar-refractivity contribution in [1.29, 1.82) is 0 Å². The quantitative estimate of drug-likeness (QED) is 0.473. The van der Waals surface area contributed by atoms with Gasteiger partial charge in [0.05, 0.1) is 25.1 Å². The van der Waals surface area contributed by atoms with E-state index in [0.29, 0.717) is 17.5 Å². The minimum Gasteiger partial charge on any atom is -0.497 e. The fraction of sp³-hybridized carbons (Fsp3) is 0.208. The average molecular weight is 442 g/mol. The fourth-order valence-electron chi connectivity index (χ4n) is 4.03. The van der Waals surface area contributed by atoms with Crippen LogP contribution in [0.3, 0.4) is 0 Å². The first-order chi connectivity index (χ1) is 16.0. The van der Waals surface area contributed by atoms with Gasteiger partial charge < -0.3 is 4.74 Å². The number of carbonyl (C=O) groups is 1. The predicted molar refractivity (Wildman–Crippen MR) is 123 cm³/mol. The zero-order chi connectivity index (χ0) is 22.9. The van der Waals surface area contributed by atoms with Gasteiger partial charge in [-0.3, -0.25) is 18.8 Å². The van der Waals surface area contributed by atoms with E-state index in [2.05, 4.69) is 15.2 Å². The first-order valence-electron chi connectivity index (χ1n) is 10.5. The Balaban J connectivity index is 1.48. The lowest BCUT2D eigenvalue weighted by Crippen LogP contribution is -2.34. The minimum absolute atomic E-state index is 0.172. The number of fused-ring (bicyclic) bond motifs is 1. The third-order valence-corrected chi connectivity index (χ3v) is 5.80. The molecule has 3 heterocycles. The summed E-state index contributed by atoms with van der Waals surface area (Å²) < 4.78 is 8.09. The molecule has 0 N–H and O–H groups in total. The summed E-state index contributed by atoms with van der Waals surface area (Å²) in [5, 5.41) is 10.6. The van der Waals surface area contributed by atoms with Crippen LogP contribution in [0, 0.1) is 0 Å². The van der Waals surface area contributed by atoms with Gasteiger partial charge in [0, 0.05) is 13.5 Å². The standard InChI is InChI=1S/C24H22N6O3/c1-28-23-19(13-26-28)24(32)29(15-25-23)14-22(31)30-21(17-8-10-18(33-2)11-9-17)12-20(27-30)16-6-4-3-5-7-16/h3-11,13,15,21H,12,14H2,1-2H3. The van der Waals surface area contributed by atoms with Crippen molar-refractivity contribution in [1.82, 2.24) is 24.3 Å². The van der Waals surface area contributed by atoms with E-state index in [1.54, 1.807) is 14.2 Å². The SMILES string of the molecule is COc1ccc(C2CC(c3ccccc3)=NN2C(=O)Cn2cnc3c(cnn3C)c2=O)cc1. The molecule has 5 rings (SSSR count). The summed E-state index contributed by atoms with van der Waals surface area (Å²) in [4.78, 5) is 30.5. The maximum Gasteiger partial charge on any atom is 0.264 e. The third kappa shape index (κ3) is 3.78. The molecule has 33 heavy (non-hydrogen) atoms. The Hall–Kier alpha value is -4.27. The van der Waals surface area contributed by atoms with E-state index < -0.39 is 0 Å². The van der Waals surface area contributed by atoms with Crippen molar-refractivity contribution in [3.8, 4) is 5.75 Å². The molecular formula is C24H22N6O3. The highest BCUT2D eigenvalue weighted by Gasteiger charge is 2.33. The third-order valence-electron chi connectivity index (χ3n) is 5.80. The molecule has 9 heteroatoms. The summed E-state index contributed by atoms with van der Waals surface area (Å²) >= 11 is 0. The maximum absolute atomic E-state index is 13.4. The van der Waals surface area contributed by atoms with Crippen LogP contribution in [0.5, 0.6) is 5.75 Å². The molecule has 0 bridgehead atoms. The lowest BCUT2D eigenvalue weighted by atomic mass is 9.98. The topological polar surface area (TPSA) is 94.6 Å². The molecule has 0 fully saturated rings. The lowest BCUT2D eigenvalue weighted by molar-refractivity contribution is -0.133. The molecule has 1 amide bonds. The van der Waals surface area contributed by atoms with Crippen LogP contribution in [0.1, 0.15) is 23.6 Å². The van der Waals surface area contributed by atoms with E-state index in [0.717, 1.165) is 22.6 Å². The highest BCUT2D eigenvalue weighted by Crippen LogP contribution is 2.33. The Kier molecular flexibility index (Phi) is 5.21. The second-order valence-corrected chi connectivity index (χ2v) is 7.83. The van der Waals surface area contributed by atoms with Gasteiger partial charge in [-0.25, -0.2) is 9.99 Å². The maximum atomic E-state index is 13.4. The summed E-state index contributed by atoms with van der Waals surface area (Å²) in [6.45, 7) is -0.172. The number of ether oxygens (including phenoxy) is 1. The van der Waals surface area contributed by atoms with Crippen molar-refractivity contribution in [2.24, 2.45) is 12.1 Å². The van der Waals surface area contributed by atoms with Crippen LogP contribution in [0.25, 0.3) is 11.0 Å². The summed E-state index contributed by atoms with van der Waals surface area (Å²) in [6, 6.07) is 17.1. The smallest absolute Gasteiger partial charge is 0.264 e. The molecule has 1 aliphatic rings. The molecule has 2 aromatic carbocycles. The van der Waals surface area contributed by atoms with Crippen LogP contribution in [0.15, 0.2) is 77.0 Å². The first kappa shape index (κ1) is 20.6. The van der Waals surface area contributed by atoms with Crippen molar-refractivity contribution in [3.05, 3.63) is 88.6 Å². The van der Waals surface area contributed by atoms with E-state index in [1.807, 2.05) is 54.6 Å². The highest BCUT2D eigenvalue weighted by molar-refractivity contribution is 6.03. The van der Waals surface area contributed by atoms with Gasteiger partial charge in [-0.1, -0.05) is 42.5 Å². The van der Waals surface area contributed by atoms with Gasteiger partial charge in [0.15, 0.2) is 5.65 Å². The van der Waals surface area contributed by atoms with E-state index >= 15 is 0 Å². The summed E-state index contributed by atoms with van der Waals surface area (Å²) in [7, 11) is 3.33. The van der Waals surface area contributed by atoms with Crippen molar-refractivity contribution in [3.63, 3.8) is 0 Å². The molecule has 0 radical (unpaired) electrons. The lowest BCUT2D eigenvalue weighted by Gasteiger charge is -2.22. The number of rotatable bonds is 5. The molecule has 1 atom stereocenters. The fourth-order valence-corrected chi connectivity index (χ4v) is 4.03. The van der Waals surface area contributed by atoms with E-state index in [-0.39, 0.29) is 24.1 Å². The highest BCUT2D eigenvalue weighted by atomic mass is 16.5. The van der Waals surface area contributed by atoms with Crippen LogP contribution in [0.4, 0.5) is 0 Å². The van der Waals surface area contributed by atoms with Crippen molar-refractivity contribution in [2.75, 3.05) is 7.11 Å². The molecule has 166 valence electrons. The number of hydrazone groups is 1. The van der Waals surface area contributed by atoms with Gasteiger partial charge in [0.2, 0.25) is 0 Å². The van der Waals surface area contributed by atoms with Crippen molar-refractivity contribution in [2.45, 2.75) is 19.0 Å². The Morgan fingerprint density at radius 2 is 1.88 bits per heavy atom. The largest absolute Gasteiger partial charge is 0.497 e. The van der Waals surface area contributed by atoms with Crippen LogP contribution in [-0.4, -0.2) is 43.1 Å². The van der Waals surface area contributed by atoms with Gasteiger partial charge in [0.1, 0.15) is 24.0 Å². The summed E-state index contributed by atoms with van der Waals surface area (Å²) in [5.41, 5.74) is 2.88. The van der Waals surface area contributed by atoms with Gasteiger partial charge >= 0.3 is 0 Å². The zero-order valence-electron chi connectivity index (χ0n) is 18.3. The number of hydrogen-bond acceptors (Lipinski definition) is 6. The molecule has 0 spiro atoms. The van der Waals surface area contributed by atoms with E-state index in [4.69, 9.17) is 4.74 Å². The second-order valence-electron chi connectivity index (χ2n) is 7.83. The summed E-state index contributed by atoms with van der Waals surface area (Å²) in [5.74, 6) is 0.440. The Morgan fingerprint density at radius 1 is 1.12 bits per heavy atom. The molecule has 0 saturated carbocycles. The number of hydrogen-bond donors (Lipinski definition) is 0. The van der Waals surface area contributed by atoms with Crippen LogP contribution >= 0.6 is 0 Å². The number of aromatic nitrogens is 4. The van der Waals surface area contributed by atoms with Crippen molar-refractivity contribution < 1.29 is 9.53 Å². The van der Waals surface area contributed by atoms with Crippen LogP contribution < -0.4 is 10.3 Å². The number of amides is 1. The number of methoxy groups -OCH3 is 1. The molecule has 0 saturated heterocycles. The molecule has 1 unspecified atom stereocenters. The number of benzene rings is 2. The van der Waals surface area contributed by atoms with Crippen LogP contribution in [-0.2, 0) is 18.4 Å². The number of nitrogens with zero attached hydrogens (tertiary/aromatic N) is 6. The average Bonchev–Trinajstić information content (AvgIpc) is 3.46. The Morgan fingerprint density at radius 3 is 2.61 bits per heavy atom. The normalized spacial score (nSPS) is 15.6. The molecule has 9 nitrogen and oxygen atoms in total. The van der Waals surface area contributed by atoms with Gasteiger partial charge in [-0.2, -0.15) is 10.2 Å². The first-order valence-corrected chi connectivity index (χ1v) is 10.5. The second kappa shape index (κ2) is 8.34. The Bertz CT molecular complexity index is 1410. The molecular weight excluding hydrogens is 420 g/mol. The van der Waals surface area contributed by atoms with Crippen molar-refractivity contribution >= 4 is 22.7 Å². The van der Waals surface area contributed by atoms with Gasteiger partial charge in [0.25, 0.3) is 11.5 Å². The van der Waals surface area contributed by atoms with Gasteiger partial charge in [-0.05, 0) is 23.3 Å². The molecule has 2 aromatic heterocycles. The van der Waals surface area contributed by atoms with E-state index in [9.17, 15) is 9.59 Å². The molecule has 1 aliphatic heterocycles. The summed E-state index contributed by atoms with van der Waals surface area (Å²) in [6.07, 6.45) is 3.41. The molecule has 0 aliphatic carbocycles. The minimum atomic E-state index is -0.311. The Labute approximate surface area is 189 Å². The molecule has 4 aromatic rings. The monoisotopic (exact) mass is 442 g/mol. The number of aryl methyl sites for hydroxylation is 1. The number of carbonyl (C=O) groups excluding carboxylic acids is 1. The van der Waals surface area contributed by atoms with E-state index in [1.165, 1.54) is 26.8 Å². The van der Waals surface area contributed by atoms with Gasteiger partial charge in [-0.15, -0.1) is 0 Å². The zero-order valence-corrected chi connectivity index (χ0v) is 18.3. The van der Waals surface area contributed by atoms with Crippen LogP contribution in [0.2, 0.25) is 0 Å². The predicted octanol–water partition coefficient (Wildman–Crippen LogP) is 2.52.